The summed E-state index contributed by atoms with van der Waals surface area (Å²) in [5, 5.41) is 13.2. The lowest BCUT2D eigenvalue weighted by Crippen LogP contribution is -2.37. The van der Waals surface area contributed by atoms with Gasteiger partial charge in [0.05, 0.1) is 12.8 Å². The molecule has 2 aromatic rings. The monoisotopic (exact) mass is 306 g/mol. The number of nitrogens with one attached hydrogen (secondary N) is 1. The van der Waals surface area contributed by atoms with Crippen LogP contribution >= 0.6 is 11.6 Å². The van der Waals surface area contributed by atoms with E-state index < -0.39 is 5.60 Å². The molecule has 0 saturated carbocycles. The fourth-order valence-electron chi connectivity index (χ4n) is 1.68. The predicted octanol–water partition coefficient (Wildman–Crippen LogP) is 2.37. The molecule has 0 aliphatic carbocycles. The largest absolute Gasteiger partial charge is 0.466 e. The Morgan fingerprint density at radius 2 is 2.38 bits per heavy atom. The maximum Gasteiger partial charge on any atom is 0.244 e. The summed E-state index contributed by atoms with van der Waals surface area (Å²) in [6.07, 6.45) is 6.01. The molecule has 0 radical (unpaired) electrons. The number of rotatable bonds is 5. The summed E-state index contributed by atoms with van der Waals surface area (Å²) >= 11 is 5.75. The van der Waals surface area contributed by atoms with E-state index in [9.17, 15) is 9.90 Å². The van der Waals surface area contributed by atoms with Crippen LogP contribution < -0.4 is 5.32 Å². The van der Waals surface area contributed by atoms with E-state index in [1.54, 1.807) is 43.5 Å². The summed E-state index contributed by atoms with van der Waals surface area (Å²) in [5.41, 5.74) is -0.490. The maximum atomic E-state index is 11.7. The van der Waals surface area contributed by atoms with Gasteiger partial charge in [-0.05, 0) is 42.8 Å². The van der Waals surface area contributed by atoms with E-state index in [1.807, 2.05) is 0 Å². The minimum atomic E-state index is -1.26. The van der Waals surface area contributed by atoms with Gasteiger partial charge in [-0.1, -0.05) is 11.6 Å². The van der Waals surface area contributed by atoms with Crippen molar-refractivity contribution in [3.05, 3.63) is 59.3 Å². The second kappa shape index (κ2) is 6.56. The van der Waals surface area contributed by atoms with Gasteiger partial charge in [-0.2, -0.15) is 0 Å². The van der Waals surface area contributed by atoms with Gasteiger partial charge in [-0.15, -0.1) is 0 Å². The highest BCUT2D eigenvalue weighted by molar-refractivity contribution is 6.29. The maximum absolute atomic E-state index is 11.7. The van der Waals surface area contributed by atoms with Crippen molar-refractivity contribution in [1.82, 2.24) is 10.3 Å². The molecule has 0 aromatic carbocycles. The van der Waals surface area contributed by atoms with Crippen molar-refractivity contribution >= 4 is 23.6 Å². The van der Waals surface area contributed by atoms with E-state index in [0.29, 0.717) is 10.9 Å². The van der Waals surface area contributed by atoms with Crippen molar-refractivity contribution in [3.63, 3.8) is 0 Å². The summed E-state index contributed by atoms with van der Waals surface area (Å²) in [4.78, 5) is 15.6. The number of aromatic nitrogens is 1. The molecular weight excluding hydrogens is 292 g/mol. The molecule has 0 bridgehead atoms. The van der Waals surface area contributed by atoms with Crippen LogP contribution in [0, 0.1) is 0 Å². The average molecular weight is 307 g/mol. The van der Waals surface area contributed by atoms with E-state index in [4.69, 9.17) is 16.0 Å². The molecule has 0 spiro atoms. The second-order valence-corrected chi connectivity index (χ2v) is 5.10. The van der Waals surface area contributed by atoms with Crippen molar-refractivity contribution in [2.24, 2.45) is 0 Å². The zero-order chi connectivity index (χ0) is 15.3. The van der Waals surface area contributed by atoms with Gasteiger partial charge in [0.1, 0.15) is 16.5 Å². The molecule has 2 N–H and O–H groups in total. The Kier molecular flexibility index (Phi) is 4.77. The first-order valence-corrected chi connectivity index (χ1v) is 6.69. The number of hydrogen-bond donors (Lipinski definition) is 2. The first kappa shape index (κ1) is 15.3. The minimum Gasteiger partial charge on any atom is -0.466 e. The van der Waals surface area contributed by atoms with Gasteiger partial charge in [0.2, 0.25) is 5.91 Å². The Labute approximate surface area is 127 Å². The smallest absolute Gasteiger partial charge is 0.244 e. The molecule has 0 fully saturated rings. The number of nitrogens with zero attached hydrogens (tertiary/aromatic N) is 1. The zero-order valence-corrected chi connectivity index (χ0v) is 12.2. The van der Waals surface area contributed by atoms with Crippen molar-refractivity contribution in [2.75, 3.05) is 6.54 Å². The third kappa shape index (κ3) is 4.44. The normalized spacial score (nSPS) is 14.0. The lowest BCUT2D eigenvalue weighted by Gasteiger charge is -2.20. The summed E-state index contributed by atoms with van der Waals surface area (Å²) in [5.74, 6) is 0.0717. The lowest BCUT2D eigenvalue weighted by molar-refractivity contribution is -0.117. The van der Waals surface area contributed by atoms with Crippen LogP contribution in [-0.2, 0) is 10.4 Å². The molecule has 2 heterocycles. The third-order valence-electron chi connectivity index (χ3n) is 2.84. The van der Waals surface area contributed by atoms with Crippen LogP contribution in [0.25, 0.3) is 6.08 Å². The van der Waals surface area contributed by atoms with Gasteiger partial charge in [-0.3, -0.25) is 4.79 Å². The summed E-state index contributed by atoms with van der Waals surface area (Å²) < 4.78 is 5.13. The molecule has 0 aliphatic rings. The van der Waals surface area contributed by atoms with Crippen LogP contribution in [0.4, 0.5) is 0 Å². The molecule has 21 heavy (non-hydrogen) atoms. The summed E-state index contributed by atoms with van der Waals surface area (Å²) in [7, 11) is 0. The van der Waals surface area contributed by atoms with Crippen molar-refractivity contribution in [2.45, 2.75) is 12.5 Å². The summed E-state index contributed by atoms with van der Waals surface area (Å²) in [6, 6.07) is 6.71. The highest BCUT2D eigenvalue weighted by Crippen LogP contribution is 2.19. The van der Waals surface area contributed by atoms with Crippen LogP contribution in [0.1, 0.15) is 18.2 Å². The first-order valence-electron chi connectivity index (χ1n) is 6.31. The molecule has 0 aliphatic heterocycles. The van der Waals surface area contributed by atoms with Gasteiger partial charge in [0.25, 0.3) is 0 Å². The number of aliphatic hydroxyl groups is 1. The van der Waals surface area contributed by atoms with Crippen molar-refractivity contribution in [3.8, 4) is 0 Å². The van der Waals surface area contributed by atoms with Crippen LogP contribution in [0.5, 0.6) is 0 Å². The van der Waals surface area contributed by atoms with E-state index in [-0.39, 0.29) is 12.5 Å². The number of pyridine rings is 1. The Morgan fingerprint density at radius 1 is 1.57 bits per heavy atom. The van der Waals surface area contributed by atoms with Crippen LogP contribution in [-0.4, -0.2) is 22.5 Å². The molecule has 1 amide bonds. The Bertz CT molecular complexity index is 636. The standard InChI is InChI=1S/C15H15ClN2O3/c1-15(20,12-3-2-8-21-12)10-18-14(19)5-4-11-6-7-17-13(16)9-11/h2-9,20H,10H2,1H3,(H,18,19)/b5-4+. The predicted molar refractivity (Wildman–Crippen MR) is 79.6 cm³/mol. The topological polar surface area (TPSA) is 75.4 Å². The van der Waals surface area contributed by atoms with Crippen LogP contribution in [0.2, 0.25) is 5.15 Å². The highest BCUT2D eigenvalue weighted by Gasteiger charge is 2.26. The Hall–Kier alpha value is -2.11. The molecule has 1 atom stereocenters. The number of furan rings is 1. The molecule has 0 saturated heterocycles. The van der Waals surface area contributed by atoms with Gasteiger partial charge in [-0.25, -0.2) is 4.98 Å². The molecule has 2 rings (SSSR count). The quantitative estimate of drug-likeness (QED) is 0.657. The minimum absolute atomic E-state index is 0.0424. The molecular formula is C15H15ClN2O3. The van der Waals surface area contributed by atoms with Crippen molar-refractivity contribution in [1.29, 1.82) is 0 Å². The number of hydrogen-bond acceptors (Lipinski definition) is 4. The average Bonchev–Trinajstić information content (AvgIpc) is 2.98. The fraction of sp³-hybridized carbons (Fsp3) is 0.200. The summed E-state index contributed by atoms with van der Waals surface area (Å²) in [6.45, 7) is 1.61. The Balaban J connectivity index is 1.90. The molecule has 2 aromatic heterocycles. The number of carbonyl (C=O) groups is 1. The number of halogens is 1. The number of amides is 1. The van der Waals surface area contributed by atoms with E-state index in [1.165, 1.54) is 12.3 Å². The van der Waals surface area contributed by atoms with Crippen molar-refractivity contribution < 1.29 is 14.3 Å². The first-order chi connectivity index (χ1) is 9.97. The lowest BCUT2D eigenvalue weighted by atomic mass is 10.0. The molecule has 6 heteroatoms. The number of carbonyl (C=O) groups excluding carboxylic acids is 1. The van der Waals surface area contributed by atoms with Gasteiger partial charge < -0.3 is 14.8 Å². The molecule has 110 valence electrons. The fourth-order valence-corrected chi connectivity index (χ4v) is 1.87. The SMILES string of the molecule is CC(O)(CNC(=O)/C=C/c1ccnc(Cl)c1)c1ccco1. The van der Waals surface area contributed by atoms with E-state index in [0.717, 1.165) is 5.56 Å². The van der Waals surface area contributed by atoms with E-state index >= 15 is 0 Å². The molecule has 5 nitrogen and oxygen atoms in total. The highest BCUT2D eigenvalue weighted by atomic mass is 35.5. The zero-order valence-electron chi connectivity index (χ0n) is 11.4. The third-order valence-corrected chi connectivity index (χ3v) is 3.04. The Morgan fingerprint density at radius 3 is 3.05 bits per heavy atom. The van der Waals surface area contributed by atoms with Crippen LogP contribution in [0.15, 0.2) is 47.2 Å². The van der Waals surface area contributed by atoms with Crippen LogP contribution in [0.3, 0.4) is 0 Å². The molecule has 1 unspecified atom stereocenters. The van der Waals surface area contributed by atoms with Gasteiger partial charge in [0, 0.05) is 12.3 Å². The van der Waals surface area contributed by atoms with E-state index in [2.05, 4.69) is 10.3 Å². The van der Waals surface area contributed by atoms with Gasteiger partial charge in [0.15, 0.2) is 0 Å². The second-order valence-electron chi connectivity index (χ2n) is 4.71. The van der Waals surface area contributed by atoms with Gasteiger partial charge >= 0.3 is 0 Å².